The van der Waals surface area contributed by atoms with E-state index >= 15 is 0 Å². The highest BCUT2D eigenvalue weighted by molar-refractivity contribution is 14.1. The van der Waals surface area contributed by atoms with Gasteiger partial charge in [-0.25, -0.2) is 0 Å². The predicted octanol–water partition coefficient (Wildman–Crippen LogP) is 1.20. The zero-order valence-electron chi connectivity index (χ0n) is 6.50. The first-order valence-corrected chi connectivity index (χ1v) is 4.48. The molecular weight excluding hydrogens is 265 g/mol. The molecule has 0 saturated heterocycles. The van der Waals surface area contributed by atoms with Gasteiger partial charge in [-0.3, -0.25) is 0 Å². The first-order chi connectivity index (χ1) is 5.77. The molecule has 64 valence electrons. The van der Waals surface area contributed by atoms with Crippen LogP contribution in [0.2, 0.25) is 0 Å². The van der Waals surface area contributed by atoms with E-state index in [9.17, 15) is 0 Å². The van der Waals surface area contributed by atoms with Crippen LogP contribution in [-0.4, -0.2) is 5.84 Å². The maximum atomic E-state index is 5.60. The summed E-state index contributed by atoms with van der Waals surface area (Å²) >= 11 is 1.87. The average molecular weight is 275 g/mol. The number of halogens is 1. The zero-order chi connectivity index (χ0) is 8.97. The fraction of sp³-hybridized carbons (Fsp3) is 0.125. The smallest absolute Gasteiger partial charge is 0.137 e. The monoisotopic (exact) mass is 275 g/mol. The highest BCUT2D eigenvalue weighted by Gasteiger charge is 1.96. The van der Waals surface area contributed by atoms with E-state index < -0.39 is 0 Å². The van der Waals surface area contributed by atoms with Crippen LogP contribution in [0, 0.1) is 0 Å². The van der Waals surface area contributed by atoms with Crippen molar-refractivity contribution in [1.29, 1.82) is 0 Å². The zero-order valence-corrected chi connectivity index (χ0v) is 8.65. The normalized spacial score (nSPS) is 11.7. The Bertz CT molecular complexity index is 279. The van der Waals surface area contributed by atoms with Gasteiger partial charge < -0.3 is 11.5 Å². The van der Waals surface area contributed by atoms with E-state index in [1.165, 1.54) is 0 Å². The second-order valence-corrected chi connectivity index (χ2v) is 2.85. The molecule has 4 N–H and O–H groups in total. The summed E-state index contributed by atoms with van der Waals surface area (Å²) in [5.74, 6) is 0.541. The third-order valence-corrected chi connectivity index (χ3v) is 2.10. The molecule has 3 nitrogen and oxygen atoms in total. The number of hydrogen-bond donors (Lipinski definition) is 2. The predicted molar refractivity (Wildman–Crippen MR) is 59.1 cm³/mol. The van der Waals surface area contributed by atoms with Gasteiger partial charge in [0.25, 0.3) is 0 Å². The number of amidine groups is 1. The Hall–Kier alpha value is -0.620. The SMILES string of the molecule is NCc1ccc(C(N)=NI)cc1. The molecule has 0 bridgehead atoms. The molecule has 0 saturated carbocycles. The molecule has 0 amide bonds. The van der Waals surface area contributed by atoms with E-state index in [4.69, 9.17) is 11.5 Å². The molecule has 0 heterocycles. The van der Waals surface area contributed by atoms with Crippen LogP contribution in [-0.2, 0) is 6.54 Å². The maximum Gasteiger partial charge on any atom is 0.137 e. The van der Waals surface area contributed by atoms with Crippen molar-refractivity contribution in [3.05, 3.63) is 35.4 Å². The van der Waals surface area contributed by atoms with E-state index in [1.807, 2.05) is 47.1 Å². The molecule has 0 unspecified atom stereocenters. The van der Waals surface area contributed by atoms with Crippen molar-refractivity contribution in [1.82, 2.24) is 0 Å². The summed E-state index contributed by atoms with van der Waals surface area (Å²) in [7, 11) is 0. The van der Waals surface area contributed by atoms with Crippen LogP contribution in [0.3, 0.4) is 0 Å². The molecule has 12 heavy (non-hydrogen) atoms. The van der Waals surface area contributed by atoms with Crippen LogP contribution >= 0.6 is 22.9 Å². The minimum atomic E-state index is 0.541. The highest BCUT2D eigenvalue weighted by atomic mass is 127. The second-order valence-electron chi connectivity index (χ2n) is 2.37. The molecule has 0 aromatic heterocycles. The molecule has 1 rings (SSSR count). The summed E-state index contributed by atoms with van der Waals surface area (Å²) in [6, 6.07) is 7.73. The van der Waals surface area contributed by atoms with Crippen LogP contribution in [0.25, 0.3) is 0 Å². The van der Waals surface area contributed by atoms with Gasteiger partial charge in [0.05, 0.1) is 22.9 Å². The van der Waals surface area contributed by atoms with Crippen molar-refractivity contribution in [3.63, 3.8) is 0 Å². The molecule has 0 fully saturated rings. The van der Waals surface area contributed by atoms with Crippen molar-refractivity contribution >= 4 is 28.7 Å². The fourth-order valence-electron chi connectivity index (χ4n) is 0.860. The third kappa shape index (κ3) is 2.18. The first kappa shape index (κ1) is 9.47. The molecule has 0 aliphatic carbocycles. The Balaban J connectivity index is 2.92. The van der Waals surface area contributed by atoms with Crippen LogP contribution in [0.5, 0.6) is 0 Å². The Labute approximate surface area is 85.4 Å². The molecule has 4 heteroatoms. The molecule has 1 aromatic rings. The van der Waals surface area contributed by atoms with Gasteiger partial charge in [-0.15, -0.1) is 0 Å². The van der Waals surface area contributed by atoms with Gasteiger partial charge in [-0.2, -0.15) is 3.21 Å². The van der Waals surface area contributed by atoms with Crippen LogP contribution < -0.4 is 11.5 Å². The number of nitrogens with two attached hydrogens (primary N) is 2. The van der Waals surface area contributed by atoms with Crippen LogP contribution in [0.15, 0.2) is 27.5 Å². The molecule has 0 spiro atoms. The number of benzene rings is 1. The van der Waals surface area contributed by atoms with Crippen molar-refractivity contribution in [2.75, 3.05) is 0 Å². The number of rotatable bonds is 2. The van der Waals surface area contributed by atoms with Crippen LogP contribution in [0.4, 0.5) is 0 Å². The molecule has 0 radical (unpaired) electrons. The molecular formula is C8H10IN3. The molecule has 0 atom stereocenters. The van der Waals surface area contributed by atoms with Crippen molar-refractivity contribution in [3.8, 4) is 0 Å². The quantitative estimate of drug-likeness (QED) is 0.484. The lowest BCUT2D eigenvalue weighted by atomic mass is 10.1. The largest absolute Gasteiger partial charge is 0.383 e. The van der Waals surface area contributed by atoms with E-state index in [-0.39, 0.29) is 0 Å². The number of hydrogen-bond acceptors (Lipinski definition) is 2. The minimum Gasteiger partial charge on any atom is -0.383 e. The lowest BCUT2D eigenvalue weighted by Gasteiger charge is -1.99. The third-order valence-electron chi connectivity index (χ3n) is 1.58. The van der Waals surface area contributed by atoms with E-state index in [0.29, 0.717) is 12.4 Å². The van der Waals surface area contributed by atoms with Gasteiger partial charge >= 0.3 is 0 Å². The summed E-state index contributed by atoms with van der Waals surface area (Å²) in [5, 5.41) is 0. The average Bonchev–Trinajstić information content (AvgIpc) is 2.17. The lowest BCUT2D eigenvalue weighted by Crippen LogP contribution is -2.11. The molecule has 0 aliphatic rings. The van der Waals surface area contributed by atoms with Gasteiger partial charge in [0.15, 0.2) is 0 Å². The summed E-state index contributed by atoms with van der Waals surface area (Å²) in [4.78, 5) is 0. The van der Waals surface area contributed by atoms with Crippen molar-refractivity contribution in [2.24, 2.45) is 14.7 Å². The Morgan fingerprint density at radius 1 is 1.33 bits per heavy atom. The van der Waals surface area contributed by atoms with E-state index in [2.05, 4.69) is 3.21 Å². The fourth-order valence-corrected chi connectivity index (χ4v) is 1.14. The number of nitrogens with zero attached hydrogens (tertiary/aromatic N) is 1. The van der Waals surface area contributed by atoms with Gasteiger partial charge in [-0.05, 0) is 5.56 Å². The van der Waals surface area contributed by atoms with Gasteiger partial charge in [0.1, 0.15) is 5.84 Å². The Morgan fingerprint density at radius 3 is 2.33 bits per heavy atom. The second kappa shape index (κ2) is 4.42. The van der Waals surface area contributed by atoms with Gasteiger partial charge in [-0.1, -0.05) is 24.3 Å². The summed E-state index contributed by atoms with van der Waals surface area (Å²) < 4.78 is 3.85. The molecule has 0 aliphatic heterocycles. The summed E-state index contributed by atoms with van der Waals surface area (Å²) in [6.07, 6.45) is 0. The Morgan fingerprint density at radius 2 is 1.92 bits per heavy atom. The van der Waals surface area contributed by atoms with Crippen molar-refractivity contribution < 1.29 is 0 Å². The maximum absolute atomic E-state index is 5.60. The van der Waals surface area contributed by atoms with Crippen LogP contribution in [0.1, 0.15) is 11.1 Å². The summed E-state index contributed by atoms with van der Waals surface area (Å²) in [6.45, 7) is 0.557. The van der Waals surface area contributed by atoms with Gasteiger partial charge in [0.2, 0.25) is 0 Å². The highest BCUT2D eigenvalue weighted by Crippen LogP contribution is 2.04. The van der Waals surface area contributed by atoms with Crippen molar-refractivity contribution in [2.45, 2.75) is 6.54 Å². The topological polar surface area (TPSA) is 64.4 Å². The van der Waals surface area contributed by atoms with E-state index in [1.54, 1.807) is 0 Å². The minimum absolute atomic E-state index is 0.541. The lowest BCUT2D eigenvalue weighted by molar-refractivity contribution is 1.07. The van der Waals surface area contributed by atoms with Gasteiger partial charge in [0, 0.05) is 12.1 Å². The first-order valence-electron chi connectivity index (χ1n) is 3.51. The standard InChI is InChI=1S/C8H10IN3/c9-12-8(11)7-3-1-6(5-10)2-4-7/h1-4H,5,10H2,(H2,11,12). The van der Waals surface area contributed by atoms with E-state index in [0.717, 1.165) is 11.1 Å². The Kier molecular flexibility index (Phi) is 3.48. The molecule has 1 aromatic carbocycles. The summed E-state index contributed by atoms with van der Waals surface area (Å²) in [5.41, 5.74) is 13.1.